The van der Waals surface area contributed by atoms with Crippen molar-refractivity contribution in [3.05, 3.63) is 45.3 Å². The molecule has 154 valence electrons. The highest BCUT2D eigenvalue weighted by Crippen LogP contribution is 2.60. The molecule has 0 amide bonds. The molecule has 4 fully saturated rings. The van der Waals surface area contributed by atoms with E-state index in [0.717, 1.165) is 53.1 Å². The molecule has 4 heteroatoms. The van der Waals surface area contributed by atoms with E-state index in [1.807, 2.05) is 6.07 Å². The molecule has 2 aromatic rings. The van der Waals surface area contributed by atoms with E-state index in [0.29, 0.717) is 5.41 Å². The molecule has 0 aliphatic heterocycles. The van der Waals surface area contributed by atoms with Crippen molar-refractivity contribution in [3.63, 3.8) is 0 Å². The molecule has 5 aliphatic carbocycles. The van der Waals surface area contributed by atoms with Crippen LogP contribution in [-0.2, 0) is 18.3 Å². The molecule has 0 atom stereocenters. The summed E-state index contributed by atoms with van der Waals surface area (Å²) in [6.07, 6.45) is 14.5. The van der Waals surface area contributed by atoms with E-state index >= 15 is 0 Å². The Labute approximate surface area is 182 Å². The van der Waals surface area contributed by atoms with E-state index in [1.54, 1.807) is 17.6 Å². The van der Waals surface area contributed by atoms with Gasteiger partial charge in [-0.15, -0.1) is 11.3 Å². The summed E-state index contributed by atoms with van der Waals surface area (Å²) in [7, 11) is 0. The third-order valence-corrected chi connectivity index (χ3v) is 9.46. The second-order valence-corrected chi connectivity index (χ2v) is 11.3. The number of phenols is 1. The number of nitriles is 1. The summed E-state index contributed by atoms with van der Waals surface area (Å²) in [6.45, 7) is 0. The number of benzene rings is 1. The average molecular weight is 417 g/mol. The van der Waals surface area contributed by atoms with Gasteiger partial charge in [0.2, 0.25) is 0 Å². The molecular weight excluding hydrogens is 388 g/mol. The molecule has 4 bridgehead atoms. The Morgan fingerprint density at radius 1 is 1.07 bits per heavy atom. The lowest BCUT2D eigenvalue weighted by atomic mass is 9.48. The van der Waals surface area contributed by atoms with Crippen molar-refractivity contribution in [2.24, 2.45) is 22.7 Å². The molecule has 7 rings (SSSR count). The second-order valence-electron chi connectivity index (χ2n) is 10.2. The molecule has 30 heavy (non-hydrogen) atoms. The summed E-state index contributed by atoms with van der Waals surface area (Å²) >= 11 is 1.66. The van der Waals surface area contributed by atoms with Gasteiger partial charge in [-0.1, -0.05) is 6.07 Å². The van der Waals surface area contributed by atoms with Gasteiger partial charge in [0, 0.05) is 16.7 Å². The van der Waals surface area contributed by atoms with E-state index < -0.39 is 0 Å². The quantitative estimate of drug-likeness (QED) is 0.587. The van der Waals surface area contributed by atoms with Crippen LogP contribution in [0.5, 0.6) is 5.75 Å². The summed E-state index contributed by atoms with van der Waals surface area (Å²) in [5.41, 5.74) is 4.46. The summed E-state index contributed by atoms with van der Waals surface area (Å²) in [5.74, 6) is 2.99. The lowest BCUT2D eigenvalue weighted by Gasteiger charge is -2.57. The van der Waals surface area contributed by atoms with Crippen LogP contribution < -0.4 is 0 Å². The minimum Gasteiger partial charge on any atom is -0.507 e. The number of fused-ring (bicyclic) bond motifs is 1. The lowest BCUT2D eigenvalue weighted by molar-refractivity contribution is -0.00520. The third kappa shape index (κ3) is 2.94. The maximum Gasteiger partial charge on any atom is 0.134 e. The first kappa shape index (κ1) is 18.6. The maximum absolute atomic E-state index is 10.5. The zero-order valence-corrected chi connectivity index (χ0v) is 18.2. The molecule has 0 saturated heterocycles. The van der Waals surface area contributed by atoms with E-state index in [9.17, 15) is 10.4 Å². The van der Waals surface area contributed by atoms with E-state index in [4.69, 9.17) is 4.99 Å². The molecule has 1 heterocycles. The van der Waals surface area contributed by atoms with Crippen molar-refractivity contribution in [2.75, 3.05) is 0 Å². The Kier molecular flexibility index (Phi) is 4.32. The Hall–Kier alpha value is -2.12. The molecular formula is C26H28N2OS. The Morgan fingerprint density at radius 2 is 1.77 bits per heavy atom. The summed E-state index contributed by atoms with van der Waals surface area (Å²) in [4.78, 5) is 6.04. The lowest BCUT2D eigenvalue weighted by Crippen LogP contribution is -2.48. The molecule has 1 N–H and O–H groups in total. The number of thiophene rings is 1. The van der Waals surface area contributed by atoms with Crippen LogP contribution in [0.3, 0.4) is 0 Å². The first-order valence-corrected chi connectivity index (χ1v) is 12.4. The Morgan fingerprint density at radius 3 is 2.47 bits per heavy atom. The number of hydrogen-bond donors (Lipinski definition) is 1. The first-order chi connectivity index (χ1) is 14.6. The smallest absolute Gasteiger partial charge is 0.134 e. The second kappa shape index (κ2) is 6.95. The molecule has 1 aromatic heterocycles. The predicted molar refractivity (Wildman–Crippen MR) is 121 cm³/mol. The minimum absolute atomic E-state index is 0.284. The molecule has 5 aliphatic rings. The van der Waals surface area contributed by atoms with E-state index in [2.05, 4.69) is 18.2 Å². The first-order valence-electron chi connectivity index (χ1n) is 11.6. The monoisotopic (exact) mass is 416 g/mol. The van der Waals surface area contributed by atoms with Crippen LogP contribution in [0, 0.1) is 29.1 Å². The van der Waals surface area contributed by atoms with Crippen LogP contribution >= 0.6 is 11.3 Å². The highest BCUT2D eigenvalue weighted by atomic mass is 32.1. The number of nitrogens with zero attached hydrogens (tertiary/aromatic N) is 2. The number of phenolic OH excluding ortho intramolecular Hbond substituents is 1. The van der Waals surface area contributed by atoms with Gasteiger partial charge in [0.25, 0.3) is 0 Å². The van der Waals surface area contributed by atoms with Crippen molar-refractivity contribution in [1.29, 1.82) is 5.26 Å². The summed E-state index contributed by atoms with van der Waals surface area (Å²) in [5, 5.41) is 21.0. The maximum atomic E-state index is 10.5. The number of rotatable bonds is 3. The van der Waals surface area contributed by atoms with Crippen molar-refractivity contribution in [2.45, 2.75) is 69.6 Å². The fourth-order valence-electron chi connectivity index (χ4n) is 7.34. The van der Waals surface area contributed by atoms with Crippen LogP contribution in [0.25, 0.3) is 0 Å². The van der Waals surface area contributed by atoms with Crippen molar-refractivity contribution in [3.8, 4) is 11.8 Å². The predicted octanol–water partition coefficient (Wildman–Crippen LogP) is 6.42. The molecule has 0 radical (unpaired) electrons. The Bertz CT molecular complexity index is 1040. The van der Waals surface area contributed by atoms with Crippen molar-refractivity contribution < 1.29 is 5.11 Å². The molecule has 1 aromatic carbocycles. The van der Waals surface area contributed by atoms with Gasteiger partial charge in [0.15, 0.2) is 0 Å². The Balaban J connectivity index is 1.34. The highest BCUT2D eigenvalue weighted by molar-refractivity contribution is 7.16. The molecule has 4 saturated carbocycles. The zero-order chi connectivity index (χ0) is 20.3. The highest BCUT2D eigenvalue weighted by Gasteiger charge is 2.51. The minimum atomic E-state index is 0.284. The van der Waals surface area contributed by atoms with Crippen molar-refractivity contribution in [1.82, 2.24) is 0 Å². The standard InChI is InChI=1S/C26H28N2OS/c27-14-22-21-3-1-2-4-24(21)30-25(22)28-15-19-10-20(5-6-23(19)29)26-11-16-7-17(12-26)9-18(8-16)13-26/h5-6,10,15-18,29H,1-4,7-9,11-13H2. The van der Waals surface area contributed by atoms with Gasteiger partial charge < -0.3 is 5.11 Å². The third-order valence-electron chi connectivity index (χ3n) is 8.26. The summed E-state index contributed by atoms with van der Waals surface area (Å²) in [6, 6.07) is 8.59. The molecule has 0 unspecified atom stereocenters. The number of aromatic hydroxyl groups is 1. The number of hydrogen-bond acceptors (Lipinski definition) is 4. The fraction of sp³-hybridized carbons (Fsp3) is 0.538. The van der Waals surface area contributed by atoms with Gasteiger partial charge >= 0.3 is 0 Å². The zero-order valence-electron chi connectivity index (χ0n) is 17.4. The summed E-state index contributed by atoms with van der Waals surface area (Å²) < 4.78 is 0. The fourth-order valence-corrected chi connectivity index (χ4v) is 8.52. The van der Waals surface area contributed by atoms with Gasteiger partial charge in [-0.3, -0.25) is 0 Å². The largest absolute Gasteiger partial charge is 0.507 e. The van der Waals surface area contributed by atoms with E-state index in [-0.39, 0.29) is 5.75 Å². The van der Waals surface area contributed by atoms with Gasteiger partial charge in [0.1, 0.15) is 16.8 Å². The van der Waals surface area contributed by atoms with E-state index in [1.165, 1.54) is 60.9 Å². The van der Waals surface area contributed by atoms with Gasteiger partial charge in [-0.25, -0.2) is 4.99 Å². The van der Waals surface area contributed by atoms with Gasteiger partial charge in [0.05, 0.1) is 5.56 Å². The molecule has 3 nitrogen and oxygen atoms in total. The van der Waals surface area contributed by atoms with Crippen LogP contribution in [0.4, 0.5) is 5.00 Å². The number of aliphatic imine (C=N–C) groups is 1. The van der Waals surface area contributed by atoms with Gasteiger partial charge in [-0.2, -0.15) is 5.26 Å². The van der Waals surface area contributed by atoms with Crippen LogP contribution in [-0.4, -0.2) is 11.3 Å². The normalized spacial score (nSPS) is 31.8. The SMILES string of the molecule is N#Cc1c(N=Cc2cc(C34CC5CC(CC(C5)C3)C4)ccc2O)sc2c1CCCC2. The molecule has 0 spiro atoms. The van der Waals surface area contributed by atoms with Crippen LogP contribution in [0.2, 0.25) is 0 Å². The average Bonchev–Trinajstić information content (AvgIpc) is 3.09. The van der Waals surface area contributed by atoms with Crippen molar-refractivity contribution >= 4 is 22.6 Å². The van der Waals surface area contributed by atoms with Crippen LogP contribution in [0.15, 0.2) is 23.2 Å². The van der Waals surface area contributed by atoms with Crippen LogP contribution in [0.1, 0.15) is 78.5 Å². The number of aryl methyl sites for hydroxylation is 1. The van der Waals surface area contributed by atoms with Gasteiger partial charge in [-0.05, 0) is 111 Å². The topological polar surface area (TPSA) is 56.4 Å².